The van der Waals surface area contributed by atoms with Crippen molar-refractivity contribution in [2.24, 2.45) is 23.7 Å². The molecular weight excluding hydrogens is 662 g/mol. The number of carbonyl (C=O) groups excluding carboxylic acids is 4. The Bertz CT molecular complexity index is 1910. The summed E-state index contributed by atoms with van der Waals surface area (Å²) in [5, 5.41) is 10.4. The van der Waals surface area contributed by atoms with Gasteiger partial charge < -0.3 is 14.6 Å². The zero-order valence-corrected chi connectivity index (χ0v) is 27.2. The molecule has 0 radical (unpaired) electrons. The van der Waals surface area contributed by atoms with Crippen molar-refractivity contribution in [1.82, 2.24) is 0 Å². The van der Waals surface area contributed by atoms with Crippen molar-refractivity contribution in [3.05, 3.63) is 95.8 Å². The molecule has 6 atom stereocenters. The first kappa shape index (κ1) is 31.9. The summed E-state index contributed by atoms with van der Waals surface area (Å²) in [7, 11) is 2.77. The molecule has 3 aromatic rings. The number of phenolic OH excluding ortho intramolecular Hbond substituents is 1. The number of amides is 4. The summed E-state index contributed by atoms with van der Waals surface area (Å²) in [6.45, 7) is 0. The molecule has 2 aliphatic heterocycles. The van der Waals surface area contributed by atoms with Gasteiger partial charge in [-0.05, 0) is 72.9 Å². The van der Waals surface area contributed by atoms with E-state index in [2.05, 4.69) is 0 Å². The van der Waals surface area contributed by atoms with Gasteiger partial charge in [-0.3, -0.25) is 24.1 Å². The molecule has 48 heavy (non-hydrogen) atoms. The van der Waals surface area contributed by atoms with Gasteiger partial charge in [0.05, 0.1) is 37.4 Å². The van der Waals surface area contributed by atoms with Crippen molar-refractivity contribution in [1.29, 1.82) is 0 Å². The normalized spacial score (nSPS) is 29.6. The highest BCUT2D eigenvalue weighted by Gasteiger charge is 2.76. The lowest BCUT2D eigenvalue weighted by Gasteiger charge is -2.49. The number of imide groups is 2. The van der Waals surface area contributed by atoms with Crippen LogP contribution in [0.2, 0.25) is 0 Å². The van der Waals surface area contributed by atoms with E-state index in [-0.39, 0.29) is 41.7 Å². The number of carbonyl (C=O) groups is 4. The van der Waals surface area contributed by atoms with E-state index in [1.165, 1.54) is 31.3 Å². The zero-order valence-electron chi connectivity index (χ0n) is 25.7. The van der Waals surface area contributed by atoms with Gasteiger partial charge in [0.1, 0.15) is 5.82 Å². The molecule has 1 saturated carbocycles. The predicted octanol–water partition coefficient (Wildman–Crippen LogP) is 5.86. The summed E-state index contributed by atoms with van der Waals surface area (Å²) >= 11 is 14.7. The smallest absolute Gasteiger partial charge is 0.258 e. The van der Waals surface area contributed by atoms with Crippen LogP contribution in [0.15, 0.2) is 84.5 Å². The molecule has 0 unspecified atom stereocenters. The van der Waals surface area contributed by atoms with E-state index in [4.69, 9.17) is 32.7 Å². The summed E-state index contributed by atoms with van der Waals surface area (Å²) in [5.74, 6) is -6.19. The van der Waals surface area contributed by atoms with Crippen LogP contribution in [0.3, 0.4) is 0 Å². The SMILES string of the molecule is COc1cc(C=C[C@H]2C3=CC[C@@H]4C(=O)N(c5ccccc5)C(=O)[C@@H]4[C@@H]3C[C@@]3(Cl)C(=O)N(c4ccc(F)cc4)C(=O)[C@@]23Cl)cc(OC)c1O. The fourth-order valence-electron chi connectivity index (χ4n) is 7.70. The van der Waals surface area contributed by atoms with E-state index in [0.29, 0.717) is 16.8 Å². The number of methoxy groups -OCH3 is 2. The van der Waals surface area contributed by atoms with Crippen molar-refractivity contribution in [3.63, 3.8) is 0 Å². The fourth-order valence-corrected chi connectivity index (χ4v) is 8.59. The number of ether oxygens (including phenoxy) is 2. The Labute approximate surface area is 285 Å². The van der Waals surface area contributed by atoms with Crippen LogP contribution in [0.1, 0.15) is 18.4 Å². The minimum atomic E-state index is -2.07. The van der Waals surface area contributed by atoms with Gasteiger partial charge in [0, 0.05) is 5.92 Å². The van der Waals surface area contributed by atoms with Crippen LogP contribution in [-0.4, -0.2) is 52.7 Å². The van der Waals surface area contributed by atoms with Gasteiger partial charge in [0.25, 0.3) is 11.8 Å². The standard InChI is InChI=1S/C36H29Cl2FN2O7/c1-47-27-16-19(17-28(48-2)30(27)42)8-15-26-23-13-14-24-29(32(44)40(31(24)43)21-6-4-3-5-7-21)25(23)18-35(37)33(45)41(34(46)36(26,35)38)22-11-9-20(39)10-12-22/h3-13,15-17,24-26,29,42H,14,18H2,1-2H3/t24-,25+,26-,29-,35+,36-/m0/s1. The summed E-state index contributed by atoms with van der Waals surface area (Å²) in [5.41, 5.74) is 1.64. The van der Waals surface area contributed by atoms with Gasteiger partial charge in [-0.15, -0.1) is 23.2 Å². The van der Waals surface area contributed by atoms with Crippen LogP contribution in [-0.2, 0) is 19.2 Å². The molecule has 4 aliphatic rings. The second kappa shape index (κ2) is 11.5. The van der Waals surface area contributed by atoms with Crippen LogP contribution in [0.4, 0.5) is 15.8 Å². The van der Waals surface area contributed by atoms with Crippen LogP contribution >= 0.6 is 23.2 Å². The van der Waals surface area contributed by atoms with Crippen LogP contribution in [0.5, 0.6) is 17.2 Å². The molecule has 12 heteroatoms. The van der Waals surface area contributed by atoms with Gasteiger partial charge in [-0.2, -0.15) is 0 Å². The number of hydrogen-bond acceptors (Lipinski definition) is 7. The molecule has 0 bridgehead atoms. The average molecular weight is 692 g/mol. The highest BCUT2D eigenvalue weighted by Crippen LogP contribution is 2.63. The molecule has 4 amide bonds. The second-order valence-electron chi connectivity index (χ2n) is 12.3. The first-order chi connectivity index (χ1) is 23.0. The monoisotopic (exact) mass is 690 g/mol. The predicted molar refractivity (Wildman–Crippen MR) is 177 cm³/mol. The Morgan fingerprint density at radius 3 is 2.10 bits per heavy atom. The maximum absolute atomic E-state index is 14.4. The average Bonchev–Trinajstić information content (AvgIpc) is 3.43. The molecule has 3 aromatic carbocycles. The molecule has 1 N–H and O–H groups in total. The number of anilines is 2. The first-order valence-electron chi connectivity index (χ1n) is 15.2. The minimum Gasteiger partial charge on any atom is -0.502 e. The molecule has 3 fully saturated rings. The van der Waals surface area contributed by atoms with E-state index in [0.717, 1.165) is 17.0 Å². The van der Waals surface area contributed by atoms with Gasteiger partial charge >= 0.3 is 0 Å². The largest absolute Gasteiger partial charge is 0.502 e. The number of nitrogens with zero attached hydrogens (tertiary/aromatic N) is 2. The number of aromatic hydroxyl groups is 1. The fraction of sp³-hybridized carbons (Fsp3) is 0.278. The van der Waals surface area contributed by atoms with E-state index in [1.54, 1.807) is 54.6 Å². The number of allylic oxidation sites excluding steroid dienone is 3. The lowest BCUT2D eigenvalue weighted by Crippen LogP contribution is -2.60. The number of alkyl halides is 2. The van der Waals surface area contributed by atoms with Gasteiger partial charge in [0.15, 0.2) is 21.2 Å². The minimum absolute atomic E-state index is 0.0915. The lowest BCUT2D eigenvalue weighted by molar-refractivity contribution is -0.125. The van der Waals surface area contributed by atoms with Crippen molar-refractivity contribution in [2.45, 2.75) is 22.6 Å². The quantitative estimate of drug-likeness (QED) is 0.196. The summed E-state index contributed by atoms with van der Waals surface area (Å²) in [4.78, 5) is 54.5. The molecule has 246 valence electrons. The van der Waals surface area contributed by atoms with Crippen LogP contribution < -0.4 is 19.3 Å². The number of rotatable bonds is 6. The Balaban J connectivity index is 1.37. The van der Waals surface area contributed by atoms with Crippen molar-refractivity contribution in [2.75, 3.05) is 24.0 Å². The second-order valence-corrected chi connectivity index (χ2v) is 13.5. The molecule has 9 nitrogen and oxygen atoms in total. The van der Waals surface area contributed by atoms with E-state index < -0.39 is 57.0 Å². The Morgan fingerprint density at radius 1 is 0.854 bits per heavy atom. The van der Waals surface area contributed by atoms with Gasteiger partial charge in [-0.25, -0.2) is 9.29 Å². The van der Waals surface area contributed by atoms with Crippen LogP contribution in [0, 0.1) is 29.5 Å². The molecule has 7 rings (SSSR count). The molecule has 0 spiro atoms. The Hall–Kier alpha value is -4.67. The number of phenols is 1. The topological polar surface area (TPSA) is 113 Å². The lowest BCUT2D eigenvalue weighted by atomic mass is 9.57. The number of halogens is 3. The maximum Gasteiger partial charge on any atom is 0.258 e. The summed E-state index contributed by atoms with van der Waals surface area (Å²) in [6, 6.07) is 16.6. The van der Waals surface area contributed by atoms with Crippen LogP contribution in [0.25, 0.3) is 6.08 Å². The zero-order chi connectivity index (χ0) is 34.1. The van der Waals surface area contributed by atoms with E-state index in [9.17, 15) is 28.7 Å². The molecule has 2 saturated heterocycles. The molecule has 0 aromatic heterocycles. The molecule has 2 heterocycles. The third kappa shape index (κ3) is 4.42. The number of hydrogen-bond donors (Lipinski definition) is 1. The number of benzene rings is 3. The molecular formula is C36H29Cl2FN2O7. The number of para-hydroxylation sites is 1. The highest BCUT2D eigenvalue weighted by atomic mass is 35.5. The van der Waals surface area contributed by atoms with E-state index in [1.807, 2.05) is 6.08 Å². The van der Waals surface area contributed by atoms with Gasteiger partial charge in [0.2, 0.25) is 17.6 Å². The summed E-state index contributed by atoms with van der Waals surface area (Å²) < 4.78 is 24.5. The highest BCUT2D eigenvalue weighted by molar-refractivity contribution is 6.58. The van der Waals surface area contributed by atoms with Gasteiger partial charge in [-0.1, -0.05) is 42.0 Å². The maximum atomic E-state index is 14.4. The molecule has 2 aliphatic carbocycles. The Morgan fingerprint density at radius 2 is 1.48 bits per heavy atom. The first-order valence-corrected chi connectivity index (χ1v) is 16.0. The van der Waals surface area contributed by atoms with E-state index >= 15 is 0 Å². The number of fused-ring (bicyclic) bond motifs is 4. The Kier molecular flexibility index (Phi) is 7.64. The van der Waals surface area contributed by atoms with Crippen molar-refractivity contribution < 1.29 is 38.1 Å². The van der Waals surface area contributed by atoms with Crippen molar-refractivity contribution in [3.8, 4) is 17.2 Å². The third-order valence-corrected chi connectivity index (χ3v) is 11.4. The third-order valence-electron chi connectivity index (χ3n) is 9.95. The van der Waals surface area contributed by atoms with Crippen molar-refractivity contribution >= 4 is 64.3 Å². The summed E-state index contributed by atoms with van der Waals surface area (Å²) in [6.07, 6.45) is 5.13.